The fraction of sp³-hybridized carbons (Fsp3) is 0.889. The maximum Gasteiger partial charge on any atom is 0.547 e. The Balaban J connectivity index is 1.66. The quantitative estimate of drug-likeness (QED) is 0.669. The molecule has 0 aromatic rings. The smallest absolute Gasteiger partial charge is 0.334 e. The molecule has 2 fully saturated rings. The Morgan fingerprint density at radius 2 is 1.14 bits per heavy atom. The Hall–Kier alpha value is -0.810. The van der Waals surface area contributed by atoms with Crippen LogP contribution in [-0.2, 0) is 9.68 Å². The van der Waals surface area contributed by atoms with Gasteiger partial charge in [0.1, 0.15) is 0 Å². The van der Waals surface area contributed by atoms with Crippen LogP contribution in [0, 0.1) is 0 Å². The first-order valence-electron chi connectivity index (χ1n) is 5.24. The highest BCUT2D eigenvalue weighted by Crippen LogP contribution is 2.11. The van der Waals surface area contributed by atoms with Crippen molar-refractivity contribution in [3.05, 3.63) is 0 Å². The van der Waals surface area contributed by atoms with Gasteiger partial charge in [-0.1, -0.05) is 0 Å². The third-order valence-corrected chi connectivity index (χ3v) is 2.54. The predicted octanol–water partition coefficient (Wildman–Crippen LogP) is 1.16. The highest BCUT2D eigenvalue weighted by molar-refractivity contribution is 5.59. The van der Waals surface area contributed by atoms with E-state index >= 15 is 0 Å². The van der Waals surface area contributed by atoms with Gasteiger partial charge in [0.2, 0.25) is 0 Å². The first-order valence-corrected chi connectivity index (χ1v) is 5.24. The van der Waals surface area contributed by atoms with Gasteiger partial charge in [-0.2, -0.15) is 4.79 Å². The van der Waals surface area contributed by atoms with Gasteiger partial charge in [-0.25, -0.2) is 0 Å². The number of hydrogen-bond donors (Lipinski definition) is 0. The molecular formula is C9H16N2O3. The summed E-state index contributed by atoms with van der Waals surface area (Å²) in [5.74, 6) is 0. The molecular weight excluding hydrogens is 184 g/mol. The SMILES string of the molecule is O=C(ON1CCCC1)ON1CCCC1. The summed E-state index contributed by atoms with van der Waals surface area (Å²) in [4.78, 5) is 21.2. The monoisotopic (exact) mass is 200 g/mol. The minimum Gasteiger partial charge on any atom is -0.334 e. The van der Waals surface area contributed by atoms with E-state index in [1.54, 1.807) is 10.1 Å². The van der Waals surface area contributed by atoms with Crippen molar-refractivity contribution in [3.8, 4) is 0 Å². The third-order valence-electron chi connectivity index (χ3n) is 2.54. The van der Waals surface area contributed by atoms with Gasteiger partial charge in [0, 0.05) is 26.2 Å². The molecule has 0 aromatic carbocycles. The van der Waals surface area contributed by atoms with Crippen LogP contribution in [0.2, 0.25) is 0 Å². The second kappa shape index (κ2) is 4.61. The average Bonchev–Trinajstić information content (AvgIpc) is 2.76. The van der Waals surface area contributed by atoms with Gasteiger partial charge in [0.05, 0.1) is 0 Å². The Bertz CT molecular complexity index is 178. The van der Waals surface area contributed by atoms with Crippen LogP contribution in [0.5, 0.6) is 0 Å². The normalized spacial score (nSPS) is 24.0. The van der Waals surface area contributed by atoms with Gasteiger partial charge in [0.15, 0.2) is 0 Å². The number of carbonyl (C=O) groups excluding carboxylic acids is 1. The van der Waals surface area contributed by atoms with E-state index in [9.17, 15) is 4.79 Å². The lowest BCUT2D eigenvalue weighted by Crippen LogP contribution is -2.30. The van der Waals surface area contributed by atoms with E-state index in [2.05, 4.69) is 0 Å². The van der Waals surface area contributed by atoms with E-state index in [4.69, 9.17) is 9.68 Å². The van der Waals surface area contributed by atoms with Gasteiger partial charge >= 0.3 is 6.16 Å². The Morgan fingerprint density at radius 3 is 1.50 bits per heavy atom. The summed E-state index contributed by atoms with van der Waals surface area (Å²) in [6.45, 7) is 3.31. The van der Waals surface area contributed by atoms with E-state index in [1.165, 1.54) is 0 Å². The molecule has 0 atom stereocenters. The fourth-order valence-corrected chi connectivity index (χ4v) is 1.79. The minimum atomic E-state index is -0.589. The van der Waals surface area contributed by atoms with Crippen molar-refractivity contribution in [2.75, 3.05) is 26.2 Å². The number of hydroxylamine groups is 4. The molecule has 2 aliphatic heterocycles. The van der Waals surface area contributed by atoms with Crippen LogP contribution in [0.15, 0.2) is 0 Å². The van der Waals surface area contributed by atoms with Crippen molar-refractivity contribution >= 4 is 6.16 Å². The number of nitrogens with zero attached hydrogens (tertiary/aromatic N) is 2. The van der Waals surface area contributed by atoms with E-state index in [0.717, 1.165) is 51.9 Å². The van der Waals surface area contributed by atoms with Crippen molar-refractivity contribution < 1.29 is 14.5 Å². The van der Waals surface area contributed by atoms with E-state index < -0.39 is 6.16 Å². The van der Waals surface area contributed by atoms with Crippen molar-refractivity contribution in [1.29, 1.82) is 0 Å². The molecule has 0 bridgehead atoms. The summed E-state index contributed by atoms with van der Waals surface area (Å²) in [5, 5.41) is 3.33. The standard InChI is InChI=1S/C9H16N2O3/c12-9(13-10-5-1-2-6-10)14-11-7-3-4-8-11/h1-8H2. The number of carbonyl (C=O) groups is 1. The van der Waals surface area contributed by atoms with Gasteiger partial charge in [-0.05, 0) is 25.7 Å². The van der Waals surface area contributed by atoms with Gasteiger partial charge in [-0.3, -0.25) is 0 Å². The zero-order valence-corrected chi connectivity index (χ0v) is 8.28. The molecule has 0 N–H and O–H groups in total. The molecule has 0 aromatic heterocycles. The highest BCUT2D eigenvalue weighted by atomic mass is 16.9. The molecule has 0 unspecified atom stereocenters. The number of hydrogen-bond acceptors (Lipinski definition) is 5. The number of rotatable bonds is 2. The van der Waals surface area contributed by atoms with Gasteiger partial charge < -0.3 is 9.68 Å². The molecule has 2 saturated heterocycles. The molecule has 0 spiro atoms. The zero-order valence-electron chi connectivity index (χ0n) is 8.28. The Labute approximate surface area is 83.5 Å². The highest BCUT2D eigenvalue weighted by Gasteiger charge is 2.21. The van der Waals surface area contributed by atoms with Crippen LogP contribution in [0.1, 0.15) is 25.7 Å². The minimum absolute atomic E-state index is 0.589. The molecule has 2 heterocycles. The van der Waals surface area contributed by atoms with E-state index in [1.807, 2.05) is 0 Å². The Kier molecular flexibility index (Phi) is 3.21. The van der Waals surface area contributed by atoms with Crippen molar-refractivity contribution in [2.24, 2.45) is 0 Å². The van der Waals surface area contributed by atoms with Crippen LogP contribution in [-0.4, -0.2) is 42.5 Å². The lowest BCUT2D eigenvalue weighted by atomic mass is 10.4. The summed E-state index contributed by atoms with van der Waals surface area (Å²) < 4.78 is 0. The summed E-state index contributed by atoms with van der Waals surface area (Å²) in [6.07, 6.45) is 3.79. The molecule has 0 radical (unpaired) electrons. The molecule has 0 aliphatic carbocycles. The lowest BCUT2D eigenvalue weighted by Gasteiger charge is -2.17. The van der Waals surface area contributed by atoms with Crippen LogP contribution in [0.4, 0.5) is 4.79 Å². The molecule has 5 nitrogen and oxygen atoms in total. The second-order valence-electron chi connectivity index (χ2n) is 3.70. The second-order valence-corrected chi connectivity index (χ2v) is 3.70. The molecule has 2 aliphatic rings. The molecule has 2 rings (SSSR count). The first kappa shape index (κ1) is 9.73. The molecule has 0 amide bonds. The fourth-order valence-electron chi connectivity index (χ4n) is 1.79. The summed E-state index contributed by atoms with van der Waals surface area (Å²) in [7, 11) is 0. The average molecular weight is 200 g/mol. The van der Waals surface area contributed by atoms with Crippen LogP contribution < -0.4 is 0 Å². The van der Waals surface area contributed by atoms with Crippen molar-refractivity contribution in [2.45, 2.75) is 25.7 Å². The predicted molar refractivity (Wildman–Crippen MR) is 49.2 cm³/mol. The van der Waals surface area contributed by atoms with Crippen LogP contribution in [0.3, 0.4) is 0 Å². The molecule has 5 heteroatoms. The van der Waals surface area contributed by atoms with E-state index in [0.29, 0.717) is 0 Å². The van der Waals surface area contributed by atoms with Gasteiger partial charge in [-0.15, -0.1) is 10.1 Å². The van der Waals surface area contributed by atoms with Crippen molar-refractivity contribution in [3.63, 3.8) is 0 Å². The zero-order chi connectivity index (χ0) is 9.80. The molecule has 80 valence electrons. The van der Waals surface area contributed by atoms with Crippen molar-refractivity contribution in [1.82, 2.24) is 10.1 Å². The topological polar surface area (TPSA) is 42.0 Å². The lowest BCUT2D eigenvalue weighted by molar-refractivity contribution is -0.173. The molecule has 0 saturated carbocycles. The summed E-state index contributed by atoms with van der Waals surface area (Å²) in [5.41, 5.74) is 0. The maximum absolute atomic E-state index is 11.2. The van der Waals surface area contributed by atoms with Crippen LogP contribution in [0.25, 0.3) is 0 Å². The first-order chi connectivity index (χ1) is 6.84. The summed E-state index contributed by atoms with van der Waals surface area (Å²) >= 11 is 0. The molecule has 14 heavy (non-hydrogen) atoms. The summed E-state index contributed by atoms with van der Waals surface area (Å²) in [6, 6.07) is 0. The Morgan fingerprint density at radius 1 is 0.786 bits per heavy atom. The third kappa shape index (κ3) is 2.59. The van der Waals surface area contributed by atoms with Gasteiger partial charge in [0.25, 0.3) is 0 Å². The van der Waals surface area contributed by atoms with E-state index in [-0.39, 0.29) is 0 Å². The van der Waals surface area contributed by atoms with Crippen LogP contribution >= 0.6 is 0 Å². The maximum atomic E-state index is 11.2. The largest absolute Gasteiger partial charge is 0.547 e.